The zero-order valence-electron chi connectivity index (χ0n) is 23.8. The number of H-pyrrole nitrogens is 1. The van der Waals surface area contributed by atoms with Crippen LogP contribution in [0.4, 0.5) is 0 Å². The SMILES string of the molecule is CCCCc1nc(CC)c(CC(=O)N2CCCCC2)c(=O)n1Cc1ccc(-c2ccccc2-c2noc(=O)[nH]2)cc1. The molecule has 0 aliphatic carbocycles. The summed E-state index contributed by atoms with van der Waals surface area (Å²) in [6, 6.07) is 15.6. The first-order chi connectivity index (χ1) is 20.0. The van der Waals surface area contributed by atoms with Crippen LogP contribution in [0.1, 0.15) is 68.6 Å². The molecule has 2 aromatic heterocycles. The predicted molar refractivity (Wildman–Crippen MR) is 158 cm³/mol. The van der Waals surface area contributed by atoms with Gasteiger partial charge in [-0.25, -0.2) is 9.78 Å². The van der Waals surface area contributed by atoms with Gasteiger partial charge in [-0.15, -0.1) is 0 Å². The number of carbonyl (C=O) groups is 1. The number of hydrogen-bond acceptors (Lipinski definition) is 6. The third kappa shape index (κ3) is 6.39. The molecule has 0 spiro atoms. The molecule has 1 aliphatic heterocycles. The molecule has 1 amide bonds. The highest BCUT2D eigenvalue weighted by Crippen LogP contribution is 2.30. The standard InChI is InChI=1S/C32H37N5O4/c1-3-5-13-28-33-27(4-2)26(20-29(38)36-18-9-6-10-19-36)31(39)37(28)21-22-14-16-23(17-15-22)24-11-7-8-12-25(24)30-34-32(40)41-35-30/h7-8,11-12,14-17H,3-6,9-10,13,18-21H2,1-2H3,(H,34,35,40). The molecule has 9 heteroatoms. The van der Waals surface area contributed by atoms with Gasteiger partial charge in [0, 0.05) is 30.6 Å². The molecule has 1 N–H and O–H groups in total. The number of aromatic nitrogens is 4. The maximum absolute atomic E-state index is 14.0. The smallest absolute Gasteiger partial charge is 0.342 e. The predicted octanol–water partition coefficient (Wildman–Crippen LogP) is 4.76. The van der Waals surface area contributed by atoms with Crippen LogP contribution in [0.2, 0.25) is 0 Å². The van der Waals surface area contributed by atoms with E-state index in [2.05, 4.69) is 17.1 Å². The average Bonchev–Trinajstić information content (AvgIpc) is 3.45. The highest BCUT2D eigenvalue weighted by Gasteiger charge is 2.22. The fourth-order valence-corrected chi connectivity index (χ4v) is 5.51. The van der Waals surface area contributed by atoms with Gasteiger partial charge in [0.2, 0.25) is 5.91 Å². The Labute approximate surface area is 239 Å². The minimum absolute atomic E-state index is 0.0163. The summed E-state index contributed by atoms with van der Waals surface area (Å²) in [5.74, 6) is 0.555. The second-order valence-electron chi connectivity index (χ2n) is 10.6. The van der Waals surface area contributed by atoms with E-state index in [9.17, 15) is 14.4 Å². The Morgan fingerprint density at radius 2 is 1.71 bits per heavy atom. The van der Waals surface area contributed by atoms with Gasteiger partial charge in [-0.2, -0.15) is 0 Å². The molecule has 1 fully saturated rings. The summed E-state index contributed by atoms with van der Waals surface area (Å²) in [5, 5.41) is 3.85. The first-order valence-corrected chi connectivity index (χ1v) is 14.6. The molecule has 0 radical (unpaired) electrons. The van der Waals surface area contributed by atoms with E-state index in [1.807, 2.05) is 60.4 Å². The Balaban J connectivity index is 1.46. The summed E-state index contributed by atoms with van der Waals surface area (Å²) in [7, 11) is 0. The zero-order valence-corrected chi connectivity index (χ0v) is 23.8. The number of hydrogen-bond donors (Lipinski definition) is 1. The summed E-state index contributed by atoms with van der Waals surface area (Å²) < 4.78 is 6.47. The van der Waals surface area contributed by atoms with Crippen LogP contribution >= 0.6 is 0 Å². The van der Waals surface area contributed by atoms with Crippen LogP contribution in [-0.4, -0.2) is 43.6 Å². The number of piperidine rings is 1. The number of nitrogens with one attached hydrogen (secondary N) is 1. The lowest BCUT2D eigenvalue weighted by molar-refractivity contribution is -0.131. The van der Waals surface area contributed by atoms with Gasteiger partial charge in [-0.3, -0.25) is 23.7 Å². The lowest BCUT2D eigenvalue weighted by Crippen LogP contribution is -2.39. The van der Waals surface area contributed by atoms with Gasteiger partial charge in [-0.05, 0) is 48.8 Å². The molecule has 0 bridgehead atoms. The van der Waals surface area contributed by atoms with Crippen molar-refractivity contribution >= 4 is 5.91 Å². The first-order valence-electron chi connectivity index (χ1n) is 14.6. The first kappa shape index (κ1) is 28.3. The molecule has 1 aliphatic rings. The quantitative estimate of drug-likeness (QED) is 0.302. The largest absolute Gasteiger partial charge is 0.439 e. The van der Waals surface area contributed by atoms with E-state index in [1.165, 1.54) is 0 Å². The van der Waals surface area contributed by atoms with E-state index >= 15 is 0 Å². The lowest BCUT2D eigenvalue weighted by atomic mass is 9.98. The van der Waals surface area contributed by atoms with Gasteiger partial charge in [0.1, 0.15) is 5.82 Å². The number of amides is 1. The van der Waals surface area contributed by atoms with E-state index in [0.29, 0.717) is 30.8 Å². The van der Waals surface area contributed by atoms with Crippen LogP contribution in [-0.2, 0) is 30.6 Å². The summed E-state index contributed by atoms with van der Waals surface area (Å²) in [4.78, 5) is 48.1. The van der Waals surface area contributed by atoms with Crippen molar-refractivity contribution in [2.24, 2.45) is 0 Å². The average molecular weight is 556 g/mol. The molecular formula is C32H37N5O4. The minimum atomic E-state index is -0.603. The topological polar surface area (TPSA) is 114 Å². The van der Waals surface area contributed by atoms with Crippen molar-refractivity contribution in [3.63, 3.8) is 0 Å². The maximum Gasteiger partial charge on any atom is 0.439 e. The molecule has 214 valence electrons. The van der Waals surface area contributed by atoms with Gasteiger partial charge < -0.3 is 4.90 Å². The molecular weight excluding hydrogens is 518 g/mol. The van der Waals surface area contributed by atoms with Crippen molar-refractivity contribution in [3.05, 3.63) is 92.1 Å². The number of rotatable bonds is 10. The number of unbranched alkanes of at least 4 members (excludes halogenated alkanes) is 1. The molecule has 5 rings (SSSR count). The number of benzene rings is 2. The van der Waals surface area contributed by atoms with E-state index < -0.39 is 5.76 Å². The highest BCUT2D eigenvalue weighted by atomic mass is 16.5. The van der Waals surface area contributed by atoms with Gasteiger partial charge in [-0.1, -0.05) is 74.0 Å². The fourth-order valence-electron chi connectivity index (χ4n) is 5.51. The van der Waals surface area contributed by atoms with Gasteiger partial charge >= 0.3 is 5.76 Å². The van der Waals surface area contributed by atoms with Crippen molar-refractivity contribution in [3.8, 4) is 22.5 Å². The Kier molecular flexibility index (Phi) is 8.91. The van der Waals surface area contributed by atoms with Crippen molar-refractivity contribution < 1.29 is 9.32 Å². The van der Waals surface area contributed by atoms with Gasteiger partial charge in [0.05, 0.1) is 18.7 Å². The Morgan fingerprint density at radius 1 is 0.976 bits per heavy atom. The Hall–Kier alpha value is -4.27. The minimum Gasteiger partial charge on any atom is -0.342 e. The molecule has 0 unspecified atom stereocenters. The second kappa shape index (κ2) is 12.9. The van der Waals surface area contributed by atoms with Crippen molar-refractivity contribution in [1.29, 1.82) is 0 Å². The third-order valence-corrected chi connectivity index (χ3v) is 7.78. The summed E-state index contributed by atoms with van der Waals surface area (Å²) >= 11 is 0. The number of carbonyl (C=O) groups excluding carboxylic acids is 1. The number of aromatic amines is 1. The Bertz CT molecular complexity index is 1610. The number of nitrogens with zero attached hydrogens (tertiary/aromatic N) is 4. The normalized spacial score (nSPS) is 13.5. The van der Waals surface area contributed by atoms with Crippen LogP contribution in [0, 0.1) is 0 Å². The Morgan fingerprint density at radius 3 is 2.37 bits per heavy atom. The molecule has 0 saturated carbocycles. The molecule has 41 heavy (non-hydrogen) atoms. The van der Waals surface area contributed by atoms with Crippen LogP contribution in [0.25, 0.3) is 22.5 Å². The van der Waals surface area contributed by atoms with Crippen LogP contribution < -0.4 is 11.3 Å². The highest BCUT2D eigenvalue weighted by molar-refractivity contribution is 5.80. The second-order valence-corrected chi connectivity index (χ2v) is 10.6. The van der Waals surface area contributed by atoms with E-state index in [1.54, 1.807) is 4.57 Å². The lowest BCUT2D eigenvalue weighted by Gasteiger charge is -2.27. The van der Waals surface area contributed by atoms with Gasteiger partial charge in [0.25, 0.3) is 5.56 Å². The molecule has 1 saturated heterocycles. The van der Waals surface area contributed by atoms with Crippen molar-refractivity contribution in [2.45, 2.75) is 71.8 Å². The fraction of sp³-hybridized carbons (Fsp3) is 0.406. The maximum atomic E-state index is 14.0. The van der Waals surface area contributed by atoms with Crippen LogP contribution in [0.3, 0.4) is 0 Å². The van der Waals surface area contributed by atoms with Crippen molar-refractivity contribution in [1.82, 2.24) is 24.6 Å². The summed E-state index contributed by atoms with van der Waals surface area (Å²) in [5.41, 5.74) is 4.71. The molecule has 9 nitrogen and oxygen atoms in total. The summed E-state index contributed by atoms with van der Waals surface area (Å²) in [6.07, 6.45) is 6.53. The molecule has 4 aromatic rings. The molecule has 0 atom stereocenters. The van der Waals surface area contributed by atoms with Crippen LogP contribution in [0.5, 0.6) is 0 Å². The van der Waals surface area contributed by atoms with E-state index in [-0.39, 0.29) is 17.9 Å². The summed E-state index contributed by atoms with van der Waals surface area (Å²) in [6.45, 7) is 6.02. The van der Waals surface area contributed by atoms with Gasteiger partial charge in [0.15, 0.2) is 5.82 Å². The monoisotopic (exact) mass is 555 g/mol. The van der Waals surface area contributed by atoms with E-state index in [4.69, 9.17) is 9.51 Å². The zero-order chi connectivity index (χ0) is 28.8. The molecule has 3 heterocycles. The number of aryl methyl sites for hydroxylation is 2. The molecule has 2 aromatic carbocycles. The number of likely N-dealkylation sites (tertiary alicyclic amines) is 1. The third-order valence-electron chi connectivity index (χ3n) is 7.78. The van der Waals surface area contributed by atoms with E-state index in [0.717, 1.165) is 79.0 Å². The van der Waals surface area contributed by atoms with Crippen LogP contribution in [0.15, 0.2) is 62.6 Å². The van der Waals surface area contributed by atoms with Crippen molar-refractivity contribution in [2.75, 3.05) is 13.1 Å².